The molecule has 1 unspecified atom stereocenters. The molecule has 2 aliphatic rings. The average molecular weight is 318 g/mol. The van der Waals surface area contributed by atoms with Gasteiger partial charge in [-0.25, -0.2) is 14.8 Å². The second-order valence-electron chi connectivity index (χ2n) is 5.89. The Bertz CT molecular complexity index is 619. The average Bonchev–Trinajstić information content (AvgIpc) is 2.79. The summed E-state index contributed by atoms with van der Waals surface area (Å²) in [5, 5.41) is 0. The molecule has 0 bridgehead atoms. The van der Waals surface area contributed by atoms with Gasteiger partial charge in [0.05, 0.1) is 25.5 Å². The number of carbonyl (C=O) groups is 2. The van der Waals surface area contributed by atoms with Gasteiger partial charge in [0.1, 0.15) is 11.9 Å². The van der Waals surface area contributed by atoms with Crippen LogP contribution in [-0.2, 0) is 29.1 Å². The molecule has 1 fully saturated rings. The summed E-state index contributed by atoms with van der Waals surface area (Å²) in [5.74, 6) is 0.371. The second kappa shape index (κ2) is 6.62. The second-order valence-corrected chi connectivity index (χ2v) is 5.89. The molecular weight excluding hydrogens is 296 g/mol. The zero-order valence-electron chi connectivity index (χ0n) is 13.6. The lowest BCUT2D eigenvalue weighted by atomic mass is 10.1. The third-order valence-corrected chi connectivity index (χ3v) is 4.30. The fourth-order valence-electron chi connectivity index (χ4n) is 3.12. The lowest BCUT2D eigenvalue weighted by molar-refractivity contribution is -0.128. The molecule has 1 saturated heterocycles. The van der Waals surface area contributed by atoms with Crippen molar-refractivity contribution in [2.75, 3.05) is 13.2 Å². The van der Waals surface area contributed by atoms with E-state index in [1.54, 1.807) is 11.1 Å². The SMILES string of the molecule is CCCN1C(=O)N(Cc2ncc3c(n2)CCOC3)C(=O)C1CC. The van der Waals surface area contributed by atoms with Crippen molar-refractivity contribution in [3.05, 3.63) is 23.3 Å². The summed E-state index contributed by atoms with van der Waals surface area (Å²) in [6, 6.07) is -0.582. The van der Waals surface area contributed by atoms with Gasteiger partial charge in [0.15, 0.2) is 0 Å². The highest BCUT2D eigenvalue weighted by molar-refractivity contribution is 6.04. The van der Waals surface area contributed by atoms with E-state index in [0.717, 1.165) is 24.1 Å². The third kappa shape index (κ3) is 2.93. The number of fused-ring (bicyclic) bond motifs is 1. The van der Waals surface area contributed by atoms with E-state index in [-0.39, 0.29) is 24.5 Å². The Kier molecular flexibility index (Phi) is 4.56. The molecule has 0 aromatic carbocycles. The number of aromatic nitrogens is 2. The van der Waals surface area contributed by atoms with Crippen LogP contribution < -0.4 is 0 Å². The van der Waals surface area contributed by atoms with E-state index < -0.39 is 0 Å². The van der Waals surface area contributed by atoms with Crippen molar-refractivity contribution in [1.82, 2.24) is 19.8 Å². The Hall–Kier alpha value is -2.02. The summed E-state index contributed by atoms with van der Waals surface area (Å²) >= 11 is 0. The maximum Gasteiger partial charge on any atom is 0.327 e. The molecule has 0 aliphatic carbocycles. The van der Waals surface area contributed by atoms with Gasteiger partial charge in [0.2, 0.25) is 0 Å². The van der Waals surface area contributed by atoms with E-state index in [0.29, 0.717) is 32.0 Å². The van der Waals surface area contributed by atoms with Gasteiger partial charge in [-0.15, -0.1) is 0 Å². The van der Waals surface area contributed by atoms with Crippen molar-refractivity contribution in [2.45, 2.75) is 52.3 Å². The molecule has 0 radical (unpaired) electrons. The normalized spacial score (nSPS) is 21.0. The van der Waals surface area contributed by atoms with Crippen molar-refractivity contribution in [2.24, 2.45) is 0 Å². The van der Waals surface area contributed by atoms with Gasteiger partial charge in [0.25, 0.3) is 5.91 Å². The predicted molar refractivity (Wildman–Crippen MR) is 82.4 cm³/mol. The van der Waals surface area contributed by atoms with Crippen LogP contribution in [0.4, 0.5) is 4.79 Å². The number of hydrogen-bond acceptors (Lipinski definition) is 5. The number of imide groups is 1. The summed E-state index contributed by atoms with van der Waals surface area (Å²) in [5.41, 5.74) is 1.94. The Morgan fingerprint density at radius 1 is 1.35 bits per heavy atom. The maximum atomic E-state index is 12.5. The summed E-state index contributed by atoms with van der Waals surface area (Å²) in [6.45, 7) is 5.84. The Morgan fingerprint density at radius 2 is 2.17 bits per heavy atom. The molecule has 3 amide bonds. The molecule has 1 atom stereocenters. The molecule has 2 aliphatic heterocycles. The van der Waals surface area contributed by atoms with Gasteiger partial charge in [-0.2, -0.15) is 0 Å². The van der Waals surface area contributed by atoms with Crippen LogP contribution in [0.2, 0.25) is 0 Å². The first kappa shape index (κ1) is 15.9. The highest BCUT2D eigenvalue weighted by Gasteiger charge is 2.43. The van der Waals surface area contributed by atoms with Crippen LogP contribution in [0.5, 0.6) is 0 Å². The van der Waals surface area contributed by atoms with Crippen molar-refractivity contribution in [1.29, 1.82) is 0 Å². The minimum Gasteiger partial charge on any atom is -0.376 e. The molecular formula is C16H22N4O3. The van der Waals surface area contributed by atoms with Gasteiger partial charge >= 0.3 is 6.03 Å². The lowest BCUT2D eigenvalue weighted by Gasteiger charge is -2.19. The summed E-state index contributed by atoms with van der Waals surface area (Å²) in [4.78, 5) is 36.8. The Balaban J connectivity index is 1.79. The van der Waals surface area contributed by atoms with Crippen LogP contribution in [-0.4, -0.2) is 50.9 Å². The summed E-state index contributed by atoms with van der Waals surface area (Å²) < 4.78 is 5.37. The number of urea groups is 1. The van der Waals surface area contributed by atoms with Crippen LogP contribution in [0.15, 0.2) is 6.20 Å². The van der Waals surface area contributed by atoms with E-state index in [2.05, 4.69) is 9.97 Å². The van der Waals surface area contributed by atoms with Crippen LogP contribution in [0.25, 0.3) is 0 Å². The minimum absolute atomic E-state index is 0.141. The summed E-state index contributed by atoms with van der Waals surface area (Å²) in [6.07, 6.45) is 3.94. The molecule has 124 valence electrons. The smallest absolute Gasteiger partial charge is 0.327 e. The number of amides is 3. The Morgan fingerprint density at radius 3 is 2.91 bits per heavy atom. The molecule has 3 rings (SSSR count). The molecule has 1 aromatic heterocycles. The van der Waals surface area contributed by atoms with E-state index in [1.165, 1.54) is 4.90 Å². The van der Waals surface area contributed by atoms with Gasteiger partial charge in [-0.05, 0) is 12.8 Å². The van der Waals surface area contributed by atoms with Crippen LogP contribution in [0.1, 0.15) is 43.8 Å². The first-order valence-electron chi connectivity index (χ1n) is 8.19. The fourth-order valence-corrected chi connectivity index (χ4v) is 3.12. The molecule has 3 heterocycles. The van der Waals surface area contributed by atoms with Crippen LogP contribution in [0.3, 0.4) is 0 Å². The Labute approximate surface area is 135 Å². The highest BCUT2D eigenvalue weighted by atomic mass is 16.5. The first-order chi connectivity index (χ1) is 11.2. The number of carbonyl (C=O) groups excluding carboxylic acids is 2. The number of rotatable bonds is 5. The third-order valence-electron chi connectivity index (χ3n) is 4.30. The largest absolute Gasteiger partial charge is 0.376 e. The van der Waals surface area contributed by atoms with Gasteiger partial charge in [-0.3, -0.25) is 9.69 Å². The standard InChI is InChI=1S/C16H22N4O3/c1-3-6-19-13(4-2)15(21)20(16(19)22)9-14-17-8-11-10-23-7-5-12(11)18-14/h8,13H,3-7,9-10H2,1-2H3. The molecule has 23 heavy (non-hydrogen) atoms. The summed E-state index contributed by atoms with van der Waals surface area (Å²) in [7, 11) is 0. The van der Waals surface area contributed by atoms with Crippen molar-refractivity contribution in [3.63, 3.8) is 0 Å². The van der Waals surface area contributed by atoms with Crippen LogP contribution >= 0.6 is 0 Å². The van der Waals surface area contributed by atoms with Crippen molar-refractivity contribution < 1.29 is 14.3 Å². The monoisotopic (exact) mass is 318 g/mol. The van der Waals surface area contributed by atoms with Crippen molar-refractivity contribution >= 4 is 11.9 Å². The molecule has 0 spiro atoms. The number of nitrogens with zero attached hydrogens (tertiary/aromatic N) is 4. The van der Waals surface area contributed by atoms with E-state index in [9.17, 15) is 9.59 Å². The molecule has 7 nitrogen and oxygen atoms in total. The predicted octanol–water partition coefficient (Wildman–Crippen LogP) is 1.50. The lowest BCUT2D eigenvalue weighted by Crippen LogP contribution is -2.35. The van der Waals surface area contributed by atoms with Crippen molar-refractivity contribution in [3.8, 4) is 0 Å². The van der Waals surface area contributed by atoms with Crippen LogP contribution in [0, 0.1) is 0 Å². The maximum absolute atomic E-state index is 12.5. The van der Waals surface area contributed by atoms with E-state index in [1.807, 2.05) is 13.8 Å². The zero-order valence-corrected chi connectivity index (χ0v) is 13.6. The topological polar surface area (TPSA) is 75.6 Å². The number of ether oxygens (including phenoxy) is 1. The molecule has 0 saturated carbocycles. The minimum atomic E-state index is -0.353. The van der Waals surface area contributed by atoms with Gasteiger partial charge < -0.3 is 9.64 Å². The number of hydrogen-bond donors (Lipinski definition) is 0. The first-order valence-corrected chi connectivity index (χ1v) is 8.19. The van der Waals surface area contributed by atoms with Gasteiger partial charge in [0, 0.05) is 24.7 Å². The zero-order chi connectivity index (χ0) is 16.4. The highest BCUT2D eigenvalue weighted by Crippen LogP contribution is 2.22. The van der Waals surface area contributed by atoms with Gasteiger partial charge in [-0.1, -0.05) is 13.8 Å². The van der Waals surface area contributed by atoms with E-state index in [4.69, 9.17) is 4.74 Å². The molecule has 0 N–H and O–H groups in total. The molecule has 1 aromatic rings. The van der Waals surface area contributed by atoms with E-state index >= 15 is 0 Å². The fraction of sp³-hybridized carbons (Fsp3) is 0.625. The molecule has 7 heteroatoms. The quantitative estimate of drug-likeness (QED) is 0.769.